The summed E-state index contributed by atoms with van der Waals surface area (Å²) in [6, 6.07) is 11.9. The number of rotatable bonds is 13. The van der Waals surface area contributed by atoms with E-state index in [1.165, 1.54) is 31.0 Å². The number of hydrogen-bond donors (Lipinski definition) is 0. The van der Waals surface area contributed by atoms with Crippen molar-refractivity contribution in [1.29, 1.82) is 0 Å². The zero-order chi connectivity index (χ0) is 20.9. The zero-order valence-electron chi connectivity index (χ0n) is 18.2. The van der Waals surface area contributed by atoms with Crippen molar-refractivity contribution in [2.75, 3.05) is 6.61 Å². The first kappa shape index (κ1) is 22.9. The summed E-state index contributed by atoms with van der Waals surface area (Å²) in [6.45, 7) is 7.05. The van der Waals surface area contributed by atoms with E-state index >= 15 is 0 Å². The first-order valence-electron chi connectivity index (χ1n) is 11.1. The van der Waals surface area contributed by atoms with Crippen LogP contribution in [0.1, 0.15) is 93.3 Å². The van der Waals surface area contributed by atoms with Crippen molar-refractivity contribution in [3.05, 3.63) is 59.3 Å². The second-order valence-corrected chi connectivity index (χ2v) is 7.44. The molecule has 0 saturated heterocycles. The van der Waals surface area contributed by atoms with Crippen LogP contribution in [0.15, 0.2) is 42.6 Å². The molecule has 0 spiro atoms. The highest BCUT2D eigenvalue weighted by Crippen LogP contribution is 2.24. The van der Waals surface area contributed by atoms with Gasteiger partial charge in [0.2, 0.25) is 5.88 Å². The number of benzene rings is 1. The maximum atomic E-state index is 12.5. The number of unbranched alkanes of at least 4 members (excludes halogenated alkanes) is 4. The summed E-state index contributed by atoms with van der Waals surface area (Å²) in [5, 5.41) is 0. The van der Waals surface area contributed by atoms with Crippen LogP contribution in [0.5, 0.6) is 5.88 Å². The quantitative estimate of drug-likeness (QED) is 0.279. The number of esters is 1. The van der Waals surface area contributed by atoms with Gasteiger partial charge in [0.15, 0.2) is 0 Å². The topological polar surface area (TPSA) is 48.4 Å². The van der Waals surface area contributed by atoms with Crippen LogP contribution < -0.4 is 4.74 Å². The van der Waals surface area contributed by atoms with Gasteiger partial charge in [0, 0.05) is 12.3 Å². The second-order valence-electron chi connectivity index (χ2n) is 7.44. The average Bonchev–Trinajstić information content (AvgIpc) is 2.76. The SMILES string of the molecule is CCCCCOc1ccc(C(=O)OC(CC)c2ccc(CCCCC)cc2)cn1. The summed E-state index contributed by atoms with van der Waals surface area (Å²) in [4.78, 5) is 16.8. The molecule has 0 amide bonds. The predicted octanol–water partition coefficient (Wildman–Crippen LogP) is 6.69. The molecule has 0 saturated carbocycles. The molecule has 1 unspecified atom stereocenters. The molecule has 1 aromatic heterocycles. The van der Waals surface area contributed by atoms with Gasteiger partial charge in [-0.25, -0.2) is 9.78 Å². The lowest BCUT2D eigenvalue weighted by Gasteiger charge is -2.17. The minimum atomic E-state index is -0.353. The van der Waals surface area contributed by atoms with Crippen LogP contribution in [0.3, 0.4) is 0 Å². The standard InChI is InChI=1S/C25H35NO3/c1-4-7-9-11-20-12-14-21(15-13-20)23(6-3)29-25(27)22-16-17-24(26-19-22)28-18-10-8-5-2/h12-17,19,23H,4-11,18H2,1-3H3. The predicted molar refractivity (Wildman–Crippen MR) is 117 cm³/mol. The number of carbonyl (C=O) groups is 1. The molecule has 4 heteroatoms. The maximum Gasteiger partial charge on any atom is 0.340 e. The molecule has 2 rings (SSSR count). The van der Waals surface area contributed by atoms with E-state index in [2.05, 4.69) is 43.1 Å². The first-order valence-corrected chi connectivity index (χ1v) is 11.1. The maximum absolute atomic E-state index is 12.5. The molecule has 1 atom stereocenters. The van der Waals surface area contributed by atoms with Crippen molar-refractivity contribution in [2.24, 2.45) is 0 Å². The Kier molecular flexibility index (Phi) is 10.3. The van der Waals surface area contributed by atoms with E-state index in [9.17, 15) is 4.79 Å². The molecule has 2 aromatic rings. The van der Waals surface area contributed by atoms with E-state index in [1.54, 1.807) is 12.1 Å². The largest absolute Gasteiger partial charge is 0.478 e. The lowest BCUT2D eigenvalue weighted by Crippen LogP contribution is -2.11. The smallest absolute Gasteiger partial charge is 0.340 e. The molecular formula is C25H35NO3. The van der Waals surface area contributed by atoms with Gasteiger partial charge in [-0.15, -0.1) is 0 Å². The summed E-state index contributed by atoms with van der Waals surface area (Å²) in [5.41, 5.74) is 2.81. The third-order valence-electron chi connectivity index (χ3n) is 5.01. The van der Waals surface area contributed by atoms with Crippen molar-refractivity contribution in [3.63, 3.8) is 0 Å². The number of hydrogen-bond acceptors (Lipinski definition) is 4. The molecule has 158 valence electrons. The van der Waals surface area contributed by atoms with Crippen LogP contribution in [0.4, 0.5) is 0 Å². The molecular weight excluding hydrogens is 362 g/mol. The Bertz CT molecular complexity index is 710. The Morgan fingerprint density at radius 1 is 0.931 bits per heavy atom. The van der Waals surface area contributed by atoms with Crippen LogP contribution in [-0.4, -0.2) is 17.6 Å². The number of aromatic nitrogens is 1. The molecule has 0 radical (unpaired) electrons. The van der Waals surface area contributed by atoms with Crippen molar-refractivity contribution >= 4 is 5.97 Å². The normalized spacial score (nSPS) is 11.8. The molecule has 0 aliphatic heterocycles. The van der Waals surface area contributed by atoms with Crippen molar-refractivity contribution in [2.45, 2.75) is 78.2 Å². The molecule has 0 aliphatic rings. The Balaban J connectivity index is 1.90. The van der Waals surface area contributed by atoms with Gasteiger partial charge in [-0.3, -0.25) is 0 Å². The highest BCUT2D eigenvalue weighted by atomic mass is 16.5. The Labute approximate surface area is 175 Å². The van der Waals surface area contributed by atoms with Gasteiger partial charge in [-0.2, -0.15) is 0 Å². The molecule has 4 nitrogen and oxygen atoms in total. The summed E-state index contributed by atoms with van der Waals surface area (Å²) >= 11 is 0. The van der Waals surface area contributed by atoms with E-state index < -0.39 is 0 Å². The first-order chi connectivity index (χ1) is 14.2. The summed E-state index contributed by atoms with van der Waals surface area (Å²) < 4.78 is 11.3. The number of nitrogens with zero attached hydrogens (tertiary/aromatic N) is 1. The van der Waals surface area contributed by atoms with Gasteiger partial charge < -0.3 is 9.47 Å². The van der Waals surface area contributed by atoms with Crippen LogP contribution in [-0.2, 0) is 11.2 Å². The number of ether oxygens (including phenoxy) is 2. The van der Waals surface area contributed by atoms with Crippen LogP contribution in [0.2, 0.25) is 0 Å². The minimum Gasteiger partial charge on any atom is -0.478 e. The van der Waals surface area contributed by atoms with Crippen LogP contribution >= 0.6 is 0 Å². The lowest BCUT2D eigenvalue weighted by molar-refractivity contribution is 0.0287. The molecule has 0 aliphatic carbocycles. The van der Waals surface area contributed by atoms with Gasteiger partial charge in [0.25, 0.3) is 0 Å². The van der Waals surface area contributed by atoms with Gasteiger partial charge in [-0.05, 0) is 42.9 Å². The van der Waals surface area contributed by atoms with Gasteiger partial charge in [0.1, 0.15) is 6.10 Å². The summed E-state index contributed by atoms with van der Waals surface area (Å²) in [7, 11) is 0. The van der Waals surface area contributed by atoms with E-state index in [0.29, 0.717) is 18.1 Å². The zero-order valence-corrected chi connectivity index (χ0v) is 18.2. The van der Waals surface area contributed by atoms with Crippen LogP contribution in [0.25, 0.3) is 0 Å². The summed E-state index contributed by atoms with van der Waals surface area (Å²) in [5.74, 6) is 0.192. The second kappa shape index (κ2) is 13.0. The van der Waals surface area contributed by atoms with Gasteiger partial charge in [-0.1, -0.05) is 70.7 Å². The highest BCUT2D eigenvalue weighted by Gasteiger charge is 2.17. The molecule has 0 bridgehead atoms. The molecule has 1 aromatic carbocycles. The Morgan fingerprint density at radius 2 is 1.66 bits per heavy atom. The van der Waals surface area contributed by atoms with Crippen LogP contribution in [0, 0.1) is 0 Å². The van der Waals surface area contributed by atoms with Crippen molar-refractivity contribution in [1.82, 2.24) is 4.98 Å². The number of pyridine rings is 1. The lowest BCUT2D eigenvalue weighted by atomic mass is 10.0. The fourth-order valence-electron chi connectivity index (χ4n) is 3.18. The third kappa shape index (κ3) is 7.88. The fourth-order valence-corrected chi connectivity index (χ4v) is 3.18. The van der Waals surface area contributed by atoms with Gasteiger partial charge >= 0.3 is 5.97 Å². The highest BCUT2D eigenvalue weighted by molar-refractivity contribution is 5.89. The number of aryl methyl sites for hydroxylation is 1. The van der Waals surface area contributed by atoms with E-state index in [4.69, 9.17) is 9.47 Å². The Morgan fingerprint density at radius 3 is 2.28 bits per heavy atom. The average molecular weight is 398 g/mol. The minimum absolute atomic E-state index is 0.253. The molecule has 1 heterocycles. The monoisotopic (exact) mass is 397 g/mol. The van der Waals surface area contributed by atoms with E-state index in [-0.39, 0.29) is 12.1 Å². The van der Waals surface area contributed by atoms with Crippen molar-refractivity contribution in [3.8, 4) is 5.88 Å². The fraction of sp³-hybridized carbons (Fsp3) is 0.520. The van der Waals surface area contributed by atoms with E-state index in [1.807, 2.05) is 6.92 Å². The van der Waals surface area contributed by atoms with Gasteiger partial charge in [0.05, 0.1) is 12.2 Å². The van der Waals surface area contributed by atoms with Crippen molar-refractivity contribution < 1.29 is 14.3 Å². The molecule has 29 heavy (non-hydrogen) atoms. The van der Waals surface area contributed by atoms with E-state index in [0.717, 1.165) is 37.7 Å². The Hall–Kier alpha value is -2.36. The number of carbonyl (C=O) groups excluding carboxylic acids is 1. The third-order valence-corrected chi connectivity index (χ3v) is 5.01. The summed E-state index contributed by atoms with van der Waals surface area (Å²) in [6.07, 6.45) is 10.1. The molecule has 0 fully saturated rings. The molecule has 0 N–H and O–H groups in total.